The van der Waals surface area contributed by atoms with Crippen LogP contribution >= 0.6 is 0 Å². The highest BCUT2D eigenvalue weighted by Gasteiger charge is 2.24. The van der Waals surface area contributed by atoms with E-state index in [1.165, 1.54) is 11.1 Å². The van der Waals surface area contributed by atoms with Crippen LogP contribution in [0, 0.1) is 0 Å². The second kappa shape index (κ2) is 6.77. The van der Waals surface area contributed by atoms with Crippen LogP contribution < -0.4 is 10.5 Å². The number of nitrogens with zero attached hydrogens (tertiary/aromatic N) is 3. The number of hydrogen-bond donors (Lipinski definition) is 2. The Morgan fingerprint density at radius 2 is 1.74 bits per heavy atom. The Bertz CT molecular complexity index is 1500. The van der Waals surface area contributed by atoms with Crippen molar-refractivity contribution in [1.82, 2.24) is 19.3 Å². The molecule has 0 aliphatic carbocycles. The van der Waals surface area contributed by atoms with Gasteiger partial charge in [0.05, 0.1) is 16.5 Å². The monoisotopic (exact) mass is 411 g/mol. The maximum absolute atomic E-state index is 13.2. The summed E-state index contributed by atoms with van der Waals surface area (Å²) in [6.07, 6.45) is 3.78. The van der Waals surface area contributed by atoms with Crippen molar-refractivity contribution in [2.45, 2.75) is 0 Å². The predicted octanol–water partition coefficient (Wildman–Crippen LogP) is 3.22. The highest BCUT2D eigenvalue weighted by Crippen LogP contribution is 2.27. The molecule has 31 heavy (non-hydrogen) atoms. The molecular weight excluding hydrogens is 390 g/mol. The lowest BCUT2D eigenvalue weighted by Gasteiger charge is -2.36. The number of para-hydroxylation sites is 1. The molecule has 4 heterocycles. The Balaban J connectivity index is 1.26. The fourth-order valence-electron chi connectivity index (χ4n) is 4.61. The van der Waals surface area contributed by atoms with Crippen LogP contribution in [0.3, 0.4) is 0 Å². The number of piperazine rings is 1. The third-order valence-electron chi connectivity index (χ3n) is 6.20. The zero-order valence-corrected chi connectivity index (χ0v) is 16.8. The van der Waals surface area contributed by atoms with Crippen LogP contribution in [0.2, 0.25) is 0 Å². The molecule has 1 aliphatic heterocycles. The zero-order valence-electron chi connectivity index (χ0n) is 16.8. The minimum atomic E-state index is -0.146. The SMILES string of the molecule is O=C(c1cc2[nH]c(=O)c3ccccc3n2c1)N1CCN(c2cccc3[nH]ccc23)CC1. The van der Waals surface area contributed by atoms with Gasteiger partial charge in [0.2, 0.25) is 0 Å². The van der Waals surface area contributed by atoms with Crippen LogP contribution in [0.25, 0.3) is 27.5 Å². The maximum atomic E-state index is 13.2. The van der Waals surface area contributed by atoms with E-state index in [1.807, 2.05) is 39.9 Å². The maximum Gasteiger partial charge on any atom is 0.258 e. The molecule has 0 bridgehead atoms. The molecule has 1 fully saturated rings. The molecule has 5 aromatic rings. The number of carbonyl (C=O) groups excluding carboxylic acids is 1. The molecule has 0 radical (unpaired) electrons. The molecule has 0 saturated carbocycles. The van der Waals surface area contributed by atoms with Gasteiger partial charge in [-0.15, -0.1) is 0 Å². The summed E-state index contributed by atoms with van der Waals surface area (Å²) >= 11 is 0. The fourth-order valence-corrected chi connectivity index (χ4v) is 4.61. The van der Waals surface area contributed by atoms with Gasteiger partial charge in [-0.25, -0.2) is 0 Å². The minimum Gasteiger partial charge on any atom is -0.367 e. The number of rotatable bonds is 2. The van der Waals surface area contributed by atoms with Gasteiger partial charge in [0, 0.05) is 55.2 Å². The van der Waals surface area contributed by atoms with E-state index < -0.39 is 0 Å². The molecule has 0 spiro atoms. The van der Waals surface area contributed by atoms with Gasteiger partial charge in [0.15, 0.2) is 0 Å². The summed E-state index contributed by atoms with van der Waals surface area (Å²) in [5.74, 6) is -0.00636. The number of nitrogens with one attached hydrogen (secondary N) is 2. The smallest absolute Gasteiger partial charge is 0.258 e. The van der Waals surface area contributed by atoms with Gasteiger partial charge in [-0.1, -0.05) is 18.2 Å². The highest BCUT2D eigenvalue weighted by atomic mass is 16.2. The molecule has 0 unspecified atom stereocenters. The fraction of sp³-hybridized carbons (Fsp3) is 0.167. The molecule has 1 aliphatic rings. The lowest BCUT2D eigenvalue weighted by Crippen LogP contribution is -2.48. The number of carbonyl (C=O) groups is 1. The summed E-state index contributed by atoms with van der Waals surface area (Å²) in [7, 11) is 0. The topological polar surface area (TPSA) is 76.6 Å². The van der Waals surface area contributed by atoms with Gasteiger partial charge >= 0.3 is 0 Å². The second-order valence-corrected chi connectivity index (χ2v) is 7.95. The van der Waals surface area contributed by atoms with Gasteiger partial charge in [0.1, 0.15) is 5.65 Å². The average Bonchev–Trinajstić information content (AvgIpc) is 3.46. The first-order valence-electron chi connectivity index (χ1n) is 10.4. The molecule has 7 heteroatoms. The lowest BCUT2D eigenvalue weighted by molar-refractivity contribution is 0.0747. The van der Waals surface area contributed by atoms with Crippen molar-refractivity contribution in [3.05, 3.63) is 82.9 Å². The highest BCUT2D eigenvalue weighted by molar-refractivity contribution is 5.97. The number of amides is 1. The third kappa shape index (κ3) is 2.81. The minimum absolute atomic E-state index is 0.00636. The van der Waals surface area contributed by atoms with Crippen molar-refractivity contribution >= 4 is 39.0 Å². The van der Waals surface area contributed by atoms with E-state index in [1.54, 1.807) is 12.1 Å². The van der Waals surface area contributed by atoms with E-state index in [-0.39, 0.29) is 11.5 Å². The van der Waals surface area contributed by atoms with E-state index in [0.29, 0.717) is 29.7 Å². The van der Waals surface area contributed by atoms with E-state index >= 15 is 0 Å². The number of H-pyrrole nitrogens is 2. The first kappa shape index (κ1) is 17.8. The van der Waals surface area contributed by atoms with Crippen molar-refractivity contribution < 1.29 is 4.79 Å². The van der Waals surface area contributed by atoms with Crippen LogP contribution in [-0.4, -0.2) is 51.4 Å². The first-order valence-corrected chi connectivity index (χ1v) is 10.4. The largest absolute Gasteiger partial charge is 0.367 e. The summed E-state index contributed by atoms with van der Waals surface area (Å²) in [4.78, 5) is 35.9. The number of hydrogen-bond acceptors (Lipinski definition) is 3. The molecule has 2 aromatic carbocycles. The van der Waals surface area contributed by atoms with Gasteiger partial charge in [0.25, 0.3) is 11.5 Å². The van der Waals surface area contributed by atoms with Crippen molar-refractivity contribution in [3.63, 3.8) is 0 Å². The number of fused-ring (bicyclic) bond motifs is 4. The Labute approximate surface area is 177 Å². The van der Waals surface area contributed by atoms with Crippen molar-refractivity contribution in [3.8, 4) is 0 Å². The Hall–Kier alpha value is -4.00. The predicted molar refractivity (Wildman–Crippen MR) is 122 cm³/mol. The van der Waals surface area contributed by atoms with Crippen molar-refractivity contribution in [1.29, 1.82) is 0 Å². The van der Waals surface area contributed by atoms with Gasteiger partial charge in [-0.3, -0.25) is 9.59 Å². The average molecular weight is 411 g/mol. The summed E-state index contributed by atoms with van der Waals surface area (Å²) < 4.78 is 1.88. The van der Waals surface area contributed by atoms with Crippen molar-refractivity contribution in [2.75, 3.05) is 31.1 Å². The number of benzene rings is 2. The zero-order chi connectivity index (χ0) is 20.9. The third-order valence-corrected chi connectivity index (χ3v) is 6.20. The number of anilines is 1. The number of aromatic amines is 2. The van der Waals surface area contributed by atoms with Crippen LogP contribution in [-0.2, 0) is 0 Å². The van der Waals surface area contributed by atoms with Crippen molar-refractivity contribution in [2.24, 2.45) is 0 Å². The molecule has 1 saturated heterocycles. The normalized spacial score (nSPS) is 14.7. The molecule has 6 rings (SSSR count). The van der Waals surface area contributed by atoms with E-state index in [0.717, 1.165) is 24.1 Å². The van der Waals surface area contributed by atoms with E-state index in [4.69, 9.17) is 0 Å². The molecular formula is C24H21N5O2. The van der Waals surface area contributed by atoms with Crippen LogP contribution in [0.4, 0.5) is 5.69 Å². The lowest BCUT2D eigenvalue weighted by atomic mass is 10.1. The molecule has 1 amide bonds. The Kier molecular flexibility index (Phi) is 3.89. The summed E-state index contributed by atoms with van der Waals surface area (Å²) in [6, 6.07) is 17.6. The first-order chi connectivity index (χ1) is 15.2. The van der Waals surface area contributed by atoms with Crippen LogP contribution in [0.1, 0.15) is 10.4 Å². The molecule has 154 valence electrons. The molecule has 0 atom stereocenters. The summed E-state index contributed by atoms with van der Waals surface area (Å²) in [5.41, 5.74) is 4.19. The molecule has 2 N–H and O–H groups in total. The van der Waals surface area contributed by atoms with Crippen LogP contribution in [0.5, 0.6) is 0 Å². The van der Waals surface area contributed by atoms with Gasteiger partial charge in [-0.2, -0.15) is 0 Å². The number of aromatic nitrogens is 3. The molecule has 3 aromatic heterocycles. The van der Waals surface area contributed by atoms with E-state index in [9.17, 15) is 9.59 Å². The summed E-state index contributed by atoms with van der Waals surface area (Å²) in [6.45, 7) is 2.87. The van der Waals surface area contributed by atoms with Gasteiger partial charge in [-0.05, 0) is 36.4 Å². The van der Waals surface area contributed by atoms with E-state index in [2.05, 4.69) is 39.1 Å². The molecule has 7 nitrogen and oxygen atoms in total. The Morgan fingerprint density at radius 1 is 0.903 bits per heavy atom. The second-order valence-electron chi connectivity index (χ2n) is 7.95. The van der Waals surface area contributed by atoms with Gasteiger partial charge < -0.3 is 24.2 Å². The summed E-state index contributed by atoms with van der Waals surface area (Å²) in [5, 5.41) is 1.81. The standard InChI is InChI=1S/C24H21N5O2/c30-23-18-4-1-2-6-21(18)29-15-16(14-22(29)26-23)24(31)28-12-10-27(11-13-28)20-7-3-5-19-17(20)8-9-25-19/h1-9,14-15,25H,10-13H2,(H,26,30). The Morgan fingerprint density at radius 3 is 2.61 bits per heavy atom. The quantitative estimate of drug-likeness (QED) is 0.468. The van der Waals surface area contributed by atoms with Crippen LogP contribution in [0.15, 0.2) is 71.8 Å².